The number of carbonyl (C=O) groups is 2. The number of aryl methyl sites for hydroxylation is 2. The number of methoxy groups -OCH3 is 1. The van der Waals surface area contributed by atoms with Gasteiger partial charge in [0.05, 0.1) is 18.7 Å². The number of benzene rings is 3. The van der Waals surface area contributed by atoms with Crippen LogP contribution in [0.15, 0.2) is 78.5 Å². The van der Waals surface area contributed by atoms with Gasteiger partial charge in [0.2, 0.25) is 0 Å². The molecule has 0 saturated carbocycles. The van der Waals surface area contributed by atoms with Crippen LogP contribution in [0, 0.1) is 12.7 Å². The quantitative estimate of drug-likeness (QED) is 0.251. The highest BCUT2D eigenvalue weighted by Gasteiger charge is 2.48. The average molecular weight is 471 g/mol. The second-order valence-corrected chi connectivity index (χ2v) is 8.55. The van der Waals surface area contributed by atoms with Crippen molar-refractivity contribution >= 4 is 34.0 Å². The Labute approximate surface area is 201 Å². The van der Waals surface area contributed by atoms with Crippen molar-refractivity contribution in [2.75, 3.05) is 12.0 Å². The van der Waals surface area contributed by atoms with Crippen molar-refractivity contribution in [2.24, 2.45) is 7.05 Å². The number of hydrogen-bond acceptors (Lipinski definition) is 4. The van der Waals surface area contributed by atoms with Gasteiger partial charge < -0.3 is 14.4 Å². The van der Waals surface area contributed by atoms with Crippen molar-refractivity contribution in [3.05, 3.63) is 101 Å². The molecule has 1 fully saturated rings. The zero-order valence-electron chi connectivity index (χ0n) is 19.4. The SMILES string of the molecule is COc1cccc(N2C(=O)C(=O)/C(=C(/O)c3ccc(F)c(C)c3)C2c2cn(C)c3ccccc23)c1. The van der Waals surface area contributed by atoms with Gasteiger partial charge in [-0.05, 0) is 48.9 Å². The maximum Gasteiger partial charge on any atom is 0.300 e. The molecular weight excluding hydrogens is 447 g/mol. The van der Waals surface area contributed by atoms with Crippen LogP contribution in [0.2, 0.25) is 0 Å². The van der Waals surface area contributed by atoms with Gasteiger partial charge in [-0.25, -0.2) is 4.39 Å². The number of hydrogen-bond donors (Lipinski definition) is 1. The van der Waals surface area contributed by atoms with E-state index in [0.717, 1.165) is 10.9 Å². The number of fused-ring (bicyclic) bond motifs is 1. The van der Waals surface area contributed by atoms with Gasteiger partial charge in [0, 0.05) is 47.0 Å². The molecule has 1 atom stereocenters. The van der Waals surface area contributed by atoms with Gasteiger partial charge in [-0.1, -0.05) is 24.3 Å². The zero-order valence-corrected chi connectivity index (χ0v) is 19.4. The van der Waals surface area contributed by atoms with Gasteiger partial charge in [-0.2, -0.15) is 0 Å². The van der Waals surface area contributed by atoms with Crippen LogP contribution in [-0.4, -0.2) is 28.5 Å². The largest absolute Gasteiger partial charge is 0.507 e. The van der Waals surface area contributed by atoms with Crippen molar-refractivity contribution in [1.29, 1.82) is 0 Å². The van der Waals surface area contributed by atoms with Crippen molar-refractivity contribution < 1.29 is 23.8 Å². The molecule has 1 N–H and O–H groups in total. The summed E-state index contributed by atoms with van der Waals surface area (Å²) >= 11 is 0. The van der Waals surface area contributed by atoms with Crippen LogP contribution in [0.4, 0.5) is 10.1 Å². The highest BCUT2D eigenvalue weighted by molar-refractivity contribution is 6.52. The Morgan fingerprint density at radius 1 is 1.03 bits per heavy atom. The monoisotopic (exact) mass is 470 g/mol. The molecule has 1 saturated heterocycles. The van der Waals surface area contributed by atoms with E-state index < -0.39 is 23.5 Å². The van der Waals surface area contributed by atoms with Gasteiger partial charge in [0.15, 0.2) is 0 Å². The number of halogens is 1. The summed E-state index contributed by atoms with van der Waals surface area (Å²) in [6.45, 7) is 1.57. The molecule has 7 heteroatoms. The lowest BCUT2D eigenvalue weighted by Crippen LogP contribution is -2.29. The second kappa shape index (κ2) is 8.43. The number of para-hydroxylation sites is 1. The van der Waals surface area contributed by atoms with Crippen LogP contribution >= 0.6 is 0 Å². The first-order chi connectivity index (χ1) is 16.8. The lowest BCUT2D eigenvalue weighted by Gasteiger charge is -2.25. The average Bonchev–Trinajstić information content (AvgIpc) is 3.34. The molecule has 0 aliphatic carbocycles. The molecule has 0 radical (unpaired) electrons. The number of rotatable bonds is 4. The summed E-state index contributed by atoms with van der Waals surface area (Å²) in [7, 11) is 3.40. The van der Waals surface area contributed by atoms with Crippen LogP contribution < -0.4 is 9.64 Å². The van der Waals surface area contributed by atoms with Crippen LogP contribution in [0.5, 0.6) is 5.75 Å². The van der Waals surface area contributed by atoms with Gasteiger partial charge in [-0.15, -0.1) is 0 Å². The molecule has 0 spiro atoms. The van der Waals surface area contributed by atoms with E-state index in [1.54, 1.807) is 31.2 Å². The predicted molar refractivity (Wildman–Crippen MR) is 132 cm³/mol. The first-order valence-electron chi connectivity index (χ1n) is 11.1. The number of anilines is 1. The maximum atomic E-state index is 13.9. The Morgan fingerprint density at radius 3 is 2.54 bits per heavy atom. The molecule has 1 unspecified atom stereocenters. The summed E-state index contributed by atoms with van der Waals surface area (Å²) < 4.78 is 21.2. The van der Waals surface area contributed by atoms with E-state index in [1.165, 1.54) is 30.2 Å². The summed E-state index contributed by atoms with van der Waals surface area (Å²) in [6, 6.07) is 17.7. The number of Topliss-reactive ketones (excluding diaryl/α,β-unsaturated/α-hetero) is 1. The third-order valence-corrected chi connectivity index (χ3v) is 6.43. The standard InChI is InChI=1S/C28H23FN2O4/c1-16-13-17(11-12-22(16)29)26(32)24-25(21-15-30(2)23-10-5-4-9-20(21)23)31(28(34)27(24)33)18-7-6-8-19(14-18)35-3/h4-15,25,32H,1-3H3/b26-24+. The second-order valence-electron chi connectivity index (χ2n) is 8.55. The number of amides is 1. The van der Waals surface area contributed by atoms with E-state index >= 15 is 0 Å². The molecule has 1 amide bonds. The summed E-state index contributed by atoms with van der Waals surface area (Å²) in [5, 5.41) is 12.2. The van der Waals surface area contributed by atoms with Crippen LogP contribution in [0.1, 0.15) is 22.7 Å². The van der Waals surface area contributed by atoms with Crippen LogP contribution in [0.3, 0.4) is 0 Å². The number of ketones is 1. The summed E-state index contributed by atoms with van der Waals surface area (Å²) in [5.41, 5.74) is 2.58. The number of aliphatic hydroxyl groups excluding tert-OH is 1. The number of aromatic nitrogens is 1. The molecule has 1 aliphatic rings. The molecule has 0 bridgehead atoms. The Morgan fingerprint density at radius 2 is 1.80 bits per heavy atom. The molecule has 176 valence electrons. The maximum absolute atomic E-state index is 13.9. The minimum atomic E-state index is -0.904. The molecule has 35 heavy (non-hydrogen) atoms. The highest BCUT2D eigenvalue weighted by Crippen LogP contribution is 2.45. The third-order valence-electron chi connectivity index (χ3n) is 6.43. The highest BCUT2D eigenvalue weighted by atomic mass is 19.1. The fourth-order valence-electron chi connectivity index (χ4n) is 4.69. The van der Waals surface area contributed by atoms with E-state index in [1.807, 2.05) is 42.1 Å². The first kappa shape index (κ1) is 22.4. The summed E-state index contributed by atoms with van der Waals surface area (Å²) in [4.78, 5) is 28.2. The number of nitrogens with zero attached hydrogens (tertiary/aromatic N) is 2. The molecule has 4 aromatic rings. The Bertz CT molecular complexity index is 1540. The Balaban J connectivity index is 1.81. The van der Waals surface area contributed by atoms with Gasteiger partial charge in [-0.3, -0.25) is 14.5 Å². The minimum Gasteiger partial charge on any atom is -0.507 e. The molecule has 5 rings (SSSR count). The summed E-state index contributed by atoms with van der Waals surface area (Å²) in [6.07, 6.45) is 1.86. The Kier molecular flexibility index (Phi) is 5.40. The van der Waals surface area contributed by atoms with E-state index in [4.69, 9.17) is 4.74 Å². The van der Waals surface area contributed by atoms with Crippen LogP contribution in [0.25, 0.3) is 16.7 Å². The van der Waals surface area contributed by atoms with Crippen molar-refractivity contribution in [1.82, 2.24) is 4.57 Å². The number of carbonyl (C=O) groups excluding carboxylic acids is 2. The van der Waals surface area contributed by atoms with E-state index in [-0.39, 0.29) is 16.9 Å². The number of ether oxygens (including phenoxy) is 1. The van der Waals surface area contributed by atoms with Gasteiger partial charge in [0.1, 0.15) is 17.3 Å². The first-order valence-corrected chi connectivity index (χ1v) is 11.1. The molecule has 6 nitrogen and oxygen atoms in total. The summed E-state index contributed by atoms with van der Waals surface area (Å²) in [5.74, 6) is -1.84. The van der Waals surface area contributed by atoms with Crippen molar-refractivity contribution in [2.45, 2.75) is 13.0 Å². The third kappa shape index (κ3) is 3.56. The fraction of sp³-hybridized carbons (Fsp3) is 0.143. The topological polar surface area (TPSA) is 71.8 Å². The fourth-order valence-corrected chi connectivity index (χ4v) is 4.69. The lowest BCUT2D eigenvalue weighted by atomic mass is 9.94. The molecule has 1 aromatic heterocycles. The van der Waals surface area contributed by atoms with E-state index in [9.17, 15) is 19.1 Å². The smallest absolute Gasteiger partial charge is 0.300 e. The predicted octanol–water partition coefficient (Wildman–Crippen LogP) is 5.26. The molecule has 1 aliphatic heterocycles. The Hall–Kier alpha value is -4.39. The van der Waals surface area contributed by atoms with Gasteiger partial charge in [0.25, 0.3) is 11.7 Å². The zero-order chi connectivity index (χ0) is 24.9. The lowest BCUT2D eigenvalue weighted by molar-refractivity contribution is -0.132. The molecular formula is C28H23FN2O4. The van der Waals surface area contributed by atoms with Crippen LogP contribution in [-0.2, 0) is 16.6 Å². The molecule has 3 aromatic carbocycles. The van der Waals surface area contributed by atoms with E-state index in [2.05, 4.69) is 0 Å². The van der Waals surface area contributed by atoms with Crippen molar-refractivity contribution in [3.8, 4) is 5.75 Å². The minimum absolute atomic E-state index is 0.0554. The van der Waals surface area contributed by atoms with E-state index in [0.29, 0.717) is 22.6 Å². The van der Waals surface area contributed by atoms with Gasteiger partial charge >= 0.3 is 0 Å². The number of aliphatic hydroxyl groups is 1. The van der Waals surface area contributed by atoms with Crippen molar-refractivity contribution in [3.63, 3.8) is 0 Å². The normalized spacial score (nSPS) is 17.4. The molecule has 2 heterocycles.